The van der Waals surface area contributed by atoms with Gasteiger partial charge in [-0.3, -0.25) is 9.79 Å². The molecule has 0 amide bonds. The lowest BCUT2D eigenvalue weighted by Crippen LogP contribution is -2.37. The van der Waals surface area contributed by atoms with E-state index in [0.717, 1.165) is 16.9 Å². The number of guanidine groups is 1. The van der Waals surface area contributed by atoms with Crippen LogP contribution in [0, 0.1) is 6.92 Å². The van der Waals surface area contributed by atoms with Gasteiger partial charge in [0.2, 0.25) is 0 Å². The standard InChI is InChI=1S/C20H33N3O4.HI/c1-5-25-12-13-27-18-14-16(3)9-10-17(18)15-23-20(21-4)22-11-7-8-19(24)26-6-2;/h9-10,14H,5-8,11-13,15H2,1-4H3,(H2,21,22,23);1H. The van der Waals surface area contributed by atoms with Gasteiger partial charge in [-0.1, -0.05) is 12.1 Å². The number of benzene rings is 1. The molecule has 0 aliphatic rings. The first-order valence-electron chi connectivity index (χ1n) is 9.50. The van der Waals surface area contributed by atoms with Crippen molar-refractivity contribution in [2.45, 2.75) is 40.2 Å². The maximum atomic E-state index is 11.3. The molecule has 1 aromatic carbocycles. The van der Waals surface area contributed by atoms with Crippen molar-refractivity contribution in [1.82, 2.24) is 10.6 Å². The normalized spacial score (nSPS) is 10.8. The first-order chi connectivity index (χ1) is 13.1. The molecule has 0 radical (unpaired) electrons. The molecule has 0 aliphatic carbocycles. The predicted molar refractivity (Wildman–Crippen MR) is 123 cm³/mol. The molecular weight excluding hydrogens is 473 g/mol. The average molecular weight is 507 g/mol. The van der Waals surface area contributed by atoms with E-state index in [1.54, 1.807) is 7.05 Å². The van der Waals surface area contributed by atoms with E-state index in [4.69, 9.17) is 14.2 Å². The molecule has 2 N–H and O–H groups in total. The summed E-state index contributed by atoms with van der Waals surface area (Å²) in [5, 5.41) is 6.47. The van der Waals surface area contributed by atoms with E-state index in [1.807, 2.05) is 32.9 Å². The fourth-order valence-corrected chi connectivity index (χ4v) is 2.37. The fourth-order valence-electron chi connectivity index (χ4n) is 2.37. The third-order valence-electron chi connectivity index (χ3n) is 3.74. The number of hydrogen-bond donors (Lipinski definition) is 2. The lowest BCUT2D eigenvalue weighted by Gasteiger charge is -2.15. The van der Waals surface area contributed by atoms with Crippen molar-refractivity contribution >= 4 is 35.9 Å². The lowest BCUT2D eigenvalue weighted by molar-refractivity contribution is -0.143. The van der Waals surface area contributed by atoms with Crippen LogP contribution in [0.2, 0.25) is 0 Å². The first-order valence-corrected chi connectivity index (χ1v) is 9.50. The number of nitrogens with zero attached hydrogens (tertiary/aromatic N) is 1. The summed E-state index contributed by atoms with van der Waals surface area (Å²) in [7, 11) is 1.72. The second kappa shape index (κ2) is 16.4. The maximum Gasteiger partial charge on any atom is 0.305 e. The number of halogens is 1. The Balaban J connectivity index is 0.00000729. The lowest BCUT2D eigenvalue weighted by atomic mass is 10.1. The molecule has 8 heteroatoms. The first kappa shape index (κ1) is 26.4. The van der Waals surface area contributed by atoms with E-state index >= 15 is 0 Å². The fraction of sp³-hybridized carbons (Fsp3) is 0.600. The van der Waals surface area contributed by atoms with Gasteiger partial charge in [-0.05, 0) is 38.8 Å². The largest absolute Gasteiger partial charge is 0.491 e. The van der Waals surface area contributed by atoms with Crippen molar-refractivity contribution in [3.63, 3.8) is 0 Å². The highest BCUT2D eigenvalue weighted by molar-refractivity contribution is 14.0. The van der Waals surface area contributed by atoms with Crippen molar-refractivity contribution in [2.75, 3.05) is 40.0 Å². The van der Waals surface area contributed by atoms with Gasteiger partial charge in [-0.15, -0.1) is 24.0 Å². The number of hydrogen-bond acceptors (Lipinski definition) is 5. The molecule has 28 heavy (non-hydrogen) atoms. The van der Waals surface area contributed by atoms with Gasteiger partial charge in [0.15, 0.2) is 5.96 Å². The van der Waals surface area contributed by atoms with Crippen molar-refractivity contribution in [1.29, 1.82) is 0 Å². The highest BCUT2D eigenvalue weighted by atomic mass is 127. The molecule has 0 spiro atoms. The average Bonchev–Trinajstić information content (AvgIpc) is 2.66. The van der Waals surface area contributed by atoms with E-state index in [9.17, 15) is 4.79 Å². The van der Waals surface area contributed by atoms with E-state index in [2.05, 4.69) is 21.7 Å². The zero-order valence-electron chi connectivity index (χ0n) is 17.4. The number of aliphatic imine (C=N–C) groups is 1. The Morgan fingerprint density at radius 1 is 1.14 bits per heavy atom. The van der Waals surface area contributed by atoms with Crippen LogP contribution in [0.4, 0.5) is 0 Å². The molecule has 1 aromatic rings. The maximum absolute atomic E-state index is 11.3. The zero-order valence-corrected chi connectivity index (χ0v) is 19.7. The van der Waals surface area contributed by atoms with E-state index in [1.165, 1.54) is 0 Å². The van der Waals surface area contributed by atoms with Gasteiger partial charge >= 0.3 is 5.97 Å². The van der Waals surface area contributed by atoms with Crippen LogP contribution in [-0.2, 0) is 20.8 Å². The van der Waals surface area contributed by atoms with Crippen molar-refractivity contribution in [3.8, 4) is 5.75 Å². The van der Waals surface area contributed by atoms with Crippen LogP contribution in [0.5, 0.6) is 5.75 Å². The van der Waals surface area contributed by atoms with Crippen LogP contribution in [0.15, 0.2) is 23.2 Å². The third-order valence-corrected chi connectivity index (χ3v) is 3.74. The van der Waals surface area contributed by atoms with Crippen LogP contribution in [0.3, 0.4) is 0 Å². The Bertz CT molecular complexity index is 597. The number of aryl methyl sites for hydroxylation is 1. The summed E-state index contributed by atoms with van der Waals surface area (Å²) in [6.07, 6.45) is 1.09. The molecule has 160 valence electrons. The molecule has 7 nitrogen and oxygen atoms in total. The van der Waals surface area contributed by atoms with Crippen LogP contribution >= 0.6 is 24.0 Å². The van der Waals surface area contributed by atoms with Crippen LogP contribution in [0.1, 0.15) is 37.8 Å². The number of carbonyl (C=O) groups is 1. The Morgan fingerprint density at radius 3 is 2.61 bits per heavy atom. The summed E-state index contributed by atoms with van der Waals surface area (Å²) in [5.74, 6) is 1.36. The molecule has 0 saturated heterocycles. The van der Waals surface area contributed by atoms with Crippen LogP contribution in [-0.4, -0.2) is 51.9 Å². The molecule has 0 aromatic heterocycles. The van der Waals surface area contributed by atoms with Gasteiger partial charge in [0, 0.05) is 38.7 Å². The summed E-state index contributed by atoms with van der Waals surface area (Å²) in [5.41, 5.74) is 2.19. The number of carbonyl (C=O) groups excluding carboxylic acids is 1. The van der Waals surface area contributed by atoms with Gasteiger partial charge in [-0.25, -0.2) is 0 Å². The Kier molecular flexibility index (Phi) is 15.5. The van der Waals surface area contributed by atoms with Crippen molar-refractivity contribution in [3.05, 3.63) is 29.3 Å². The number of ether oxygens (including phenoxy) is 3. The molecule has 0 atom stereocenters. The van der Waals surface area contributed by atoms with Gasteiger partial charge in [0.1, 0.15) is 12.4 Å². The molecule has 0 fully saturated rings. The second-order valence-corrected chi connectivity index (χ2v) is 5.92. The van der Waals surface area contributed by atoms with E-state index in [0.29, 0.717) is 58.3 Å². The second-order valence-electron chi connectivity index (χ2n) is 5.92. The number of esters is 1. The number of rotatable bonds is 12. The topological polar surface area (TPSA) is 81.2 Å². The highest BCUT2D eigenvalue weighted by Gasteiger charge is 2.07. The summed E-state index contributed by atoms with van der Waals surface area (Å²) < 4.78 is 16.1. The molecule has 0 unspecified atom stereocenters. The molecule has 1 rings (SSSR count). The highest BCUT2D eigenvalue weighted by Crippen LogP contribution is 2.20. The molecule has 0 saturated carbocycles. The summed E-state index contributed by atoms with van der Waals surface area (Å²) in [4.78, 5) is 15.5. The Labute approximate surface area is 185 Å². The minimum absolute atomic E-state index is 0. The quantitative estimate of drug-likeness (QED) is 0.149. The van der Waals surface area contributed by atoms with Gasteiger partial charge in [-0.2, -0.15) is 0 Å². The molecular formula is C20H34IN3O4. The van der Waals surface area contributed by atoms with Crippen molar-refractivity contribution in [2.24, 2.45) is 4.99 Å². The number of nitrogens with one attached hydrogen (secondary N) is 2. The molecule has 0 aliphatic heterocycles. The predicted octanol–water partition coefficient (Wildman–Crippen LogP) is 3.04. The zero-order chi connectivity index (χ0) is 19.9. The SMILES string of the molecule is CCOCCOc1cc(C)ccc1CNC(=NC)NCCCC(=O)OCC.I. The van der Waals surface area contributed by atoms with Crippen LogP contribution in [0.25, 0.3) is 0 Å². The Morgan fingerprint density at radius 2 is 1.93 bits per heavy atom. The third kappa shape index (κ3) is 11.3. The van der Waals surface area contributed by atoms with E-state index in [-0.39, 0.29) is 29.9 Å². The van der Waals surface area contributed by atoms with E-state index < -0.39 is 0 Å². The van der Waals surface area contributed by atoms with Crippen molar-refractivity contribution < 1.29 is 19.0 Å². The van der Waals surface area contributed by atoms with Gasteiger partial charge in [0.05, 0.1) is 13.2 Å². The van der Waals surface area contributed by atoms with Gasteiger partial charge < -0.3 is 24.8 Å². The summed E-state index contributed by atoms with van der Waals surface area (Å²) in [6, 6.07) is 6.13. The monoisotopic (exact) mass is 507 g/mol. The smallest absolute Gasteiger partial charge is 0.305 e. The summed E-state index contributed by atoms with van der Waals surface area (Å²) in [6.45, 7) is 9.23. The van der Waals surface area contributed by atoms with Crippen LogP contribution < -0.4 is 15.4 Å². The molecule has 0 heterocycles. The minimum atomic E-state index is -0.171. The molecule has 0 bridgehead atoms. The Hall–Kier alpha value is -1.55. The van der Waals surface area contributed by atoms with Gasteiger partial charge in [0.25, 0.3) is 0 Å². The minimum Gasteiger partial charge on any atom is -0.491 e. The summed E-state index contributed by atoms with van der Waals surface area (Å²) >= 11 is 0.